The van der Waals surface area contributed by atoms with Crippen LogP contribution in [0.4, 0.5) is 54.2 Å². The molecule has 6 aromatic rings. The molecular weight excluding hydrogens is 885 g/mol. The third kappa shape index (κ3) is 11.2. The average molecular weight is 912 g/mol. The molecule has 4 aromatic carbocycles. The smallest absolute Gasteiger partial charge is 0.416 e. The lowest BCUT2D eigenvalue weighted by Crippen LogP contribution is -2.28. The summed E-state index contributed by atoms with van der Waals surface area (Å²) in [6, 6.07) is 13.8. The van der Waals surface area contributed by atoms with Crippen LogP contribution in [0.2, 0.25) is 0 Å². The van der Waals surface area contributed by atoms with Crippen LogP contribution < -0.4 is 16.0 Å². The Labute approximate surface area is 351 Å². The molecule has 0 saturated heterocycles. The maximum atomic E-state index is 13.9. The van der Waals surface area contributed by atoms with Gasteiger partial charge in [0.1, 0.15) is 40.1 Å². The van der Waals surface area contributed by atoms with E-state index < -0.39 is 87.3 Å². The van der Waals surface area contributed by atoms with Gasteiger partial charge in [-0.2, -0.15) is 26.3 Å². The van der Waals surface area contributed by atoms with Gasteiger partial charge < -0.3 is 10.4 Å². The highest BCUT2D eigenvalue weighted by Gasteiger charge is 2.33. The van der Waals surface area contributed by atoms with Gasteiger partial charge in [-0.1, -0.05) is 72.9 Å². The Morgan fingerprint density at radius 3 is 1.34 bits per heavy atom. The molecule has 6 rings (SSSR count). The van der Waals surface area contributed by atoms with Crippen molar-refractivity contribution in [3.63, 3.8) is 0 Å². The van der Waals surface area contributed by atoms with E-state index in [1.165, 1.54) is 18.2 Å². The van der Waals surface area contributed by atoms with Gasteiger partial charge in [0.05, 0.1) is 20.9 Å². The minimum absolute atomic E-state index is 0.0505. The molecule has 324 valence electrons. The van der Waals surface area contributed by atoms with Crippen LogP contribution in [0.5, 0.6) is 0 Å². The number of carbonyl (C=O) groups excluding carboxylic acids is 3. The molecular formula is C40H27F10N5O5S2. The minimum Gasteiger partial charge on any atom is -0.476 e. The molecule has 0 unspecified atom stereocenters. The number of thiazole rings is 2. The average Bonchev–Trinajstić information content (AvgIpc) is 3.81. The number of carboxylic acids is 1. The van der Waals surface area contributed by atoms with E-state index in [4.69, 9.17) is 0 Å². The number of nitrogens with zero attached hydrogens (tertiary/aromatic N) is 2. The molecule has 22 heteroatoms. The van der Waals surface area contributed by atoms with Gasteiger partial charge in [0.2, 0.25) is 0 Å². The van der Waals surface area contributed by atoms with Gasteiger partial charge in [-0.05, 0) is 65.6 Å². The molecule has 0 atom stereocenters. The van der Waals surface area contributed by atoms with Crippen molar-refractivity contribution >= 4 is 56.6 Å². The maximum Gasteiger partial charge on any atom is 0.416 e. The Morgan fingerprint density at radius 1 is 0.597 bits per heavy atom. The number of nitrogens with one attached hydrogen (secondary N) is 3. The van der Waals surface area contributed by atoms with E-state index in [-0.39, 0.29) is 49.3 Å². The topological polar surface area (TPSA) is 150 Å². The number of hydrogen-bond acceptors (Lipinski definition) is 8. The van der Waals surface area contributed by atoms with E-state index in [1.807, 2.05) is 13.8 Å². The lowest BCUT2D eigenvalue weighted by molar-refractivity contribution is -0.138. The zero-order valence-corrected chi connectivity index (χ0v) is 33.1. The molecule has 0 aliphatic heterocycles. The number of aromatic nitrogens is 2. The third-order valence-corrected chi connectivity index (χ3v) is 10.1. The Balaban J connectivity index is 0.000000236. The molecule has 0 radical (unpaired) electrons. The number of carbonyl (C=O) groups is 4. The Kier molecular flexibility index (Phi) is 14.2. The molecule has 2 aromatic heterocycles. The van der Waals surface area contributed by atoms with Crippen LogP contribution in [0.1, 0.15) is 66.7 Å². The number of hydrogen-bond donors (Lipinski definition) is 4. The van der Waals surface area contributed by atoms with Crippen LogP contribution >= 0.6 is 22.7 Å². The van der Waals surface area contributed by atoms with Crippen molar-refractivity contribution < 1.29 is 68.2 Å². The molecule has 0 aliphatic carbocycles. The van der Waals surface area contributed by atoms with E-state index in [0.717, 1.165) is 66.7 Å². The summed E-state index contributed by atoms with van der Waals surface area (Å²) in [6.07, 6.45) is -9.26. The molecule has 2 heterocycles. The zero-order valence-electron chi connectivity index (χ0n) is 31.4. The highest BCUT2D eigenvalue weighted by Crippen LogP contribution is 2.39. The number of aromatic carboxylic acids is 1. The van der Waals surface area contributed by atoms with Gasteiger partial charge in [-0.3, -0.25) is 25.0 Å². The number of halogens is 10. The largest absolute Gasteiger partial charge is 0.476 e. The van der Waals surface area contributed by atoms with Crippen LogP contribution in [-0.4, -0.2) is 45.3 Å². The lowest BCUT2D eigenvalue weighted by Gasteiger charge is -2.09. The summed E-state index contributed by atoms with van der Waals surface area (Å²) >= 11 is 1.27. The monoisotopic (exact) mass is 911 g/mol. The molecule has 10 nitrogen and oxygen atoms in total. The number of rotatable bonds is 10. The molecule has 0 bridgehead atoms. The van der Waals surface area contributed by atoms with E-state index >= 15 is 0 Å². The predicted octanol–water partition coefficient (Wildman–Crippen LogP) is 10.8. The van der Waals surface area contributed by atoms with Crippen LogP contribution in [-0.2, 0) is 12.4 Å². The first kappa shape index (κ1) is 46.4. The fourth-order valence-corrected chi connectivity index (χ4v) is 7.14. The van der Waals surface area contributed by atoms with Gasteiger partial charge in [-0.15, -0.1) is 0 Å². The van der Waals surface area contributed by atoms with Gasteiger partial charge >= 0.3 is 18.3 Å². The van der Waals surface area contributed by atoms with E-state index in [0.29, 0.717) is 22.7 Å². The highest BCUT2D eigenvalue weighted by atomic mass is 32.1. The number of anilines is 2. The quantitative estimate of drug-likeness (QED) is 0.0999. The van der Waals surface area contributed by atoms with Crippen molar-refractivity contribution in [2.45, 2.75) is 26.2 Å². The Hall–Kier alpha value is -6.68. The summed E-state index contributed by atoms with van der Waals surface area (Å²) in [5.74, 6) is -8.98. The normalized spacial score (nSPS) is 11.4. The first-order valence-electron chi connectivity index (χ1n) is 17.4. The van der Waals surface area contributed by atoms with Crippen molar-refractivity contribution in [1.82, 2.24) is 15.3 Å². The SMILES string of the molecule is CC(C)CNC(=O)c1nc(NC(=O)c2c(F)cccc2F)sc1-c1cccc(C(F)(F)F)c1.O=C(O)c1nc(NC(=O)c2c(F)cccc2F)sc1-c1cccc(C(F)(F)F)c1. The van der Waals surface area contributed by atoms with Gasteiger partial charge in [0, 0.05) is 6.54 Å². The van der Waals surface area contributed by atoms with Crippen LogP contribution in [0.3, 0.4) is 0 Å². The first-order valence-corrected chi connectivity index (χ1v) is 19.1. The van der Waals surface area contributed by atoms with E-state index in [2.05, 4.69) is 25.9 Å². The van der Waals surface area contributed by atoms with Crippen molar-refractivity contribution in [3.05, 3.63) is 142 Å². The van der Waals surface area contributed by atoms with Crippen molar-refractivity contribution in [3.8, 4) is 20.9 Å². The van der Waals surface area contributed by atoms with E-state index in [9.17, 15) is 68.2 Å². The summed E-state index contributed by atoms with van der Waals surface area (Å²) in [7, 11) is 0. The van der Waals surface area contributed by atoms with Crippen LogP contribution in [0.15, 0.2) is 84.9 Å². The second-order valence-corrected chi connectivity index (χ2v) is 15.1. The van der Waals surface area contributed by atoms with Gasteiger partial charge in [-0.25, -0.2) is 32.3 Å². The molecule has 0 aliphatic rings. The molecule has 4 N–H and O–H groups in total. The molecule has 0 saturated carbocycles. The lowest BCUT2D eigenvalue weighted by atomic mass is 10.1. The zero-order chi connectivity index (χ0) is 45.7. The van der Waals surface area contributed by atoms with E-state index in [1.54, 1.807) is 0 Å². The van der Waals surface area contributed by atoms with Gasteiger partial charge in [0.25, 0.3) is 17.7 Å². The molecule has 62 heavy (non-hydrogen) atoms. The minimum atomic E-state index is -4.65. The summed E-state index contributed by atoms with van der Waals surface area (Å²) in [4.78, 5) is 56.3. The van der Waals surface area contributed by atoms with Crippen molar-refractivity contribution in [1.29, 1.82) is 0 Å². The van der Waals surface area contributed by atoms with Crippen LogP contribution in [0.25, 0.3) is 20.9 Å². The number of benzene rings is 4. The molecule has 0 fully saturated rings. The predicted molar refractivity (Wildman–Crippen MR) is 208 cm³/mol. The van der Waals surface area contributed by atoms with Crippen molar-refractivity contribution in [2.24, 2.45) is 5.92 Å². The molecule has 0 spiro atoms. The standard InChI is InChI=1S/C22H18F5N3O2S.C18H9F5N2O3S/c1-11(2)10-28-20(32)17-18(12-5-3-6-13(9-12)22(25,26)27)33-21(29-17)30-19(31)16-14(23)7-4-8-15(16)24;19-10-5-2-6-11(20)12(10)15(26)25-17-24-13(16(27)28)14(29-17)8-3-1-4-9(7-8)18(21,22)23/h3-9,11H,10H2,1-2H3,(H,28,32)(H,29,30,31);1-7H,(H,27,28)(H,24,25,26). The summed E-state index contributed by atoms with van der Waals surface area (Å²) in [5.41, 5.74) is -4.55. The number of amides is 3. The highest BCUT2D eigenvalue weighted by molar-refractivity contribution is 7.19. The van der Waals surface area contributed by atoms with Crippen molar-refractivity contribution in [2.75, 3.05) is 17.2 Å². The fourth-order valence-electron chi connectivity index (χ4n) is 5.24. The molecule has 3 amide bonds. The van der Waals surface area contributed by atoms with Gasteiger partial charge in [0.15, 0.2) is 16.0 Å². The second kappa shape index (κ2) is 18.9. The third-order valence-electron chi connectivity index (χ3n) is 8.07. The number of alkyl halides is 6. The van der Waals surface area contributed by atoms with Crippen LogP contribution in [0, 0.1) is 29.2 Å². The first-order chi connectivity index (χ1) is 29.0. The summed E-state index contributed by atoms with van der Waals surface area (Å²) in [6.45, 7) is 3.98. The fraction of sp³-hybridized carbons (Fsp3) is 0.150. The Bertz CT molecular complexity index is 2620. The summed E-state index contributed by atoms with van der Waals surface area (Å²) in [5, 5.41) is 15.7. The second-order valence-electron chi connectivity index (χ2n) is 13.1. The summed E-state index contributed by atoms with van der Waals surface area (Å²) < 4.78 is 134. The number of carboxylic acid groups (broad SMARTS) is 1. The Morgan fingerprint density at radius 2 is 0.968 bits per heavy atom. The maximum absolute atomic E-state index is 13.9.